The highest BCUT2D eigenvalue weighted by atomic mass is 16.6. The van der Waals surface area contributed by atoms with Crippen molar-refractivity contribution in [3.8, 4) is 5.75 Å². The van der Waals surface area contributed by atoms with Crippen molar-refractivity contribution in [2.45, 2.75) is 6.92 Å². The fraction of sp³-hybridized carbons (Fsp3) is 0.250. The maximum atomic E-state index is 10.6. The second kappa shape index (κ2) is 18.7. The van der Waals surface area contributed by atoms with E-state index in [2.05, 4.69) is 29.2 Å². The first-order valence-electron chi connectivity index (χ1n) is 8.05. The minimum atomic E-state index is -0.756. The van der Waals surface area contributed by atoms with E-state index in [0.29, 0.717) is 19.0 Å². The van der Waals surface area contributed by atoms with Gasteiger partial charge < -0.3 is 24.4 Å². The lowest BCUT2D eigenvalue weighted by Gasteiger charge is -1.98. The van der Waals surface area contributed by atoms with E-state index in [1.165, 1.54) is 6.92 Å². The molecule has 0 fully saturated rings. The molecule has 1 aromatic rings. The first kappa shape index (κ1) is 27.2. The van der Waals surface area contributed by atoms with Crippen LogP contribution in [0.25, 0.3) is 0 Å². The first-order valence-corrected chi connectivity index (χ1v) is 8.05. The monoisotopic (exact) mass is 394 g/mol. The predicted molar refractivity (Wildman–Crippen MR) is 103 cm³/mol. The third-order valence-electron chi connectivity index (χ3n) is 2.31. The van der Waals surface area contributed by atoms with Crippen molar-refractivity contribution in [1.29, 1.82) is 0 Å². The third-order valence-corrected chi connectivity index (χ3v) is 2.31. The molecule has 0 unspecified atom stereocenters. The van der Waals surface area contributed by atoms with Gasteiger partial charge in [0.25, 0.3) is 0 Å². The number of rotatable bonds is 8. The van der Waals surface area contributed by atoms with Gasteiger partial charge in [0.1, 0.15) is 5.75 Å². The number of esters is 3. The number of ether oxygens (including phenoxy) is 3. The zero-order valence-corrected chi connectivity index (χ0v) is 15.8. The van der Waals surface area contributed by atoms with Gasteiger partial charge in [-0.15, -0.1) is 0 Å². The van der Waals surface area contributed by atoms with Crippen LogP contribution in [-0.4, -0.2) is 54.5 Å². The Labute approximate surface area is 164 Å². The van der Waals surface area contributed by atoms with Crippen molar-refractivity contribution >= 4 is 17.9 Å². The number of hydrogen-bond donors (Lipinski definition) is 2. The Morgan fingerprint density at radius 2 is 1.46 bits per heavy atom. The summed E-state index contributed by atoms with van der Waals surface area (Å²) in [5.74, 6) is -1.37. The lowest BCUT2D eigenvalue weighted by Crippen LogP contribution is -2.09. The maximum absolute atomic E-state index is 10.6. The van der Waals surface area contributed by atoms with Gasteiger partial charge >= 0.3 is 17.9 Å². The smallest absolute Gasteiger partial charge is 0.340 e. The summed E-state index contributed by atoms with van der Waals surface area (Å²) < 4.78 is 13.6. The Bertz CT molecular complexity index is 618. The highest BCUT2D eigenvalue weighted by Crippen LogP contribution is 2.07. The van der Waals surface area contributed by atoms with Gasteiger partial charge in [-0.05, 0) is 19.1 Å². The van der Waals surface area contributed by atoms with E-state index in [1.54, 1.807) is 24.3 Å². The van der Waals surface area contributed by atoms with Gasteiger partial charge in [0.2, 0.25) is 0 Å². The zero-order chi connectivity index (χ0) is 21.8. The minimum absolute atomic E-state index is 0.0278. The molecular weight excluding hydrogens is 368 g/mol. The Morgan fingerprint density at radius 1 is 0.964 bits per heavy atom. The number of carbonyl (C=O) groups excluding carboxylic acids is 3. The fourth-order valence-corrected chi connectivity index (χ4v) is 1.10. The van der Waals surface area contributed by atoms with Crippen LogP contribution in [0.15, 0.2) is 67.8 Å². The van der Waals surface area contributed by atoms with E-state index in [0.717, 1.165) is 12.2 Å². The topological polar surface area (TPSA) is 119 Å². The van der Waals surface area contributed by atoms with Gasteiger partial charge in [-0.3, -0.25) is 0 Å². The van der Waals surface area contributed by atoms with Crippen molar-refractivity contribution in [3.63, 3.8) is 0 Å². The number of benzene rings is 1. The highest BCUT2D eigenvalue weighted by molar-refractivity contribution is 5.98. The average molecular weight is 394 g/mol. The SMILES string of the molecule is C=CC(=O)OC(=O)C(=C)C.C=CC(=O)Oc1ccccc1.OCCOCCO. The molecule has 8 heteroatoms. The van der Waals surface area contributed by atoms with Crippen LogP contribution in [0.3, 0.4) is 0 Å². The van der Waals surface area contributed by atoms with Gasteiger partial charge in [0.05, 0.1) is 26.4 Å². The van der Waals surface area contributed by atoms with Crippen LogP contribution in [-0.2, 0) is 23.9 Å². The Kier molecular flexibility index (Phi) is 18.1. The van der Waals surface area contributed by atoms with E-state index >= 15 is 0 Å². The number of aliphatic hydroxyl groups excluding tert-OH is 2. The lowest BCUT2D eigenvalue weighted by molar-refractivity contribution is -0.153. The zero-order valence-electron chi connectivity index (χ0n) is 15.8. The molecule has 0 saturated heterocycles. The molecule has 154 valence electrons. The molecule has 0 atom stereocenters. The average Bonchev–Trinajstić information content (AvgIpc) is 2.69. The molecule has 0 aliphatic heterocycles. The first-order chi connectivity index (χ1) is 13.3. The fourth-order valence-electron chi connectivity index (χ4n) is 1.10. The molecule has 8 nitrogen and oxygen atoms in total. The highest BCUT2D eigenvalue weighted by Gasteiger charge is 2.06. The molecule has 0 aromatic heterocycles. The van der Waals surface area contributed by atoms with Gasteiger partial charge in [0.15, 0.2) is 0 Å². The molecule has 0 amide bonds. The molecule has 0 heterocycles. The van der Waals surface area contributed by atoms with Gasteiger partial charge in [-0.25, -0.2) is 14.4 Å². The summed E-state index contributed by atoms with van der Waals surface area (Å²) in [6, 6.07) is 8.87. The van der Waals surface area contributed by atoms with Crippen molar-refractivity contribution in [1.82, 2.24) is 0 Å². The molecule has 2 N–H and O–H groups in total. The van der Waals surface area contributed by atoms with Gasteiger partial charge in [0, 0.05) is 17.7 Å². The van der Waals surface area contributed by atoms with E-state index in [4.69, 9.17) is 14.9 Å². The summed E-state index contributed by atoms with van der Waals surface area (Å²) in [6.45, 7) is 11.8. The number of aliphatic hydroxyl groups is 2. The standard InChI is InChI=1S/C9H8O2.C7H8O3.C4H10O3/c1-2-9(10)11-8-6-4-3-5-7-8;1-4-6(8)10-7(9)5(2)3;5-1-3-7-4-2-6/h2-7H,1H2;4H,1-2H2,3H3;5-6H,1-4H2. The minimum Gasteiger partial charge on any atom is -0.423 e. The molecule has 0 radical (unpaired) electrons. The summed E-state index contributed by atoms with van der Waals surface area (Å²) in [4.78, 5) is 31.5. The molecule has 0 aliphatic rings. The number of hydrogen-bond acceptors (Lipinski definition) is 8. The van der Waals surface area contributed by atoms with Crippen LogP contribution in [0.2, 0.25) is 0 Å². The summed E-state index contributed by atoms with van der Waals surface area (Å²) >= 11 is 0. The van der Waals surface area contributed by atoms with Crippen LogP contribution in [0, 0.1) is 0 Å². The number of carbonyl (C=O) groups is 3. The molecule has 0 aliphatic carbocycles. The van der Waals surface area contributed by atoms with E-state index in [-0.39, 0.29) is 18.8 Å². The second-order valence-corrected chi connectivity index (χ2v) is 4.69. The Morgan fingerprint density at radius 3 is 1.86 bits per heavy atom. The van der Waals surface area contributed by atoms with E-state index < -0.39 is 17.9 Å². The number of para-hydroxylation sites is 1. The van der Waals surface area contributed by atoms with E-state index in [9.17, 15) is 14.4 Å². The second-order valence-electron chi connectivity index (χ2n) is 4.69. The summed E-state index contributed by atoms with van der Waals surface area (Å²) in [6.07, 6.45) is 2.05. The molecule has 0 bridgehead atoms. The molecule has 28 heavy (non-hydrogen) atoms. The Balaban J connectivity index is 0. The van der Waals surface area contributed by atoms with Crippen LogP contribution >= 0.6 is 0 Å². The molecule has 1 aromatic carbocycles. The third kappa shape index (κ3) is 17.7. The van der Waals surface area contributed by atoms with Crippen molar-refractivity contribution in [2.75, 3.05) is 26.4 Å². The molecule has 0 saturated carbocycles. The van der Waals surface area contributed by atoms with Crippen LogP contribution in [0.5, 0.6) is 5.75 Å². The summed E-state index contributed by atoms with van der Waals surface area (Å²) in [5, 5.41) is 16.2. The predicted octanol–water partition coefficient (Wildman–Crippen LogP) is 1.58. The molecule has 1 rings (SSSR count). The van der Waals surface area contributed by atoms with Crippen LogP contribution in [0.1, 0.15) is 6.92 Å². The van der Waals surface area contributed by atoms with Crippen molar-refractivity contribution in [2.24, 2.45) is 0 Å². The maximum Gasteiger partial charge on any atom is 0.340 e. The van der Waals surface area contributed by atoms with Crippen molar-refractivity contribution < 1.29 is 38.8 Å². The van der Waals surface area contributed by atoms with Crippen LogP contribution < -0.4 is 4.74 Å². The molecular formula is C20H26O8. The molecule has 0 spiro atoms. The van der Waals surface area contributed by atoms with E-state index in [1.807, 2.05) is 6.07 Å². The van der Waals surface area contributed by atoms with Gasteiger partial charge in [-0.1, -0.05) is 37.9 Å². The lowest BCUT2D eigenvalue weighted by atomic mass is 10.3. The van der Waals surface area contributed by atoms with Crippen molar-refractivity contribution in [3.05, 3.63) is 67.8 Å². The normalized spacial score (nSPS) is 8.68. The van der Waals surface area contributed by atoms with Crippen LogP contribution in [0.4, 0.5) is 0 Å². The van der Waals surface area contributed by atoms with Gasteiger partial charge in [-0.2, -0.15) is 0 Å². The quantitative estimate of drug-likeness (QED) is 0.224. The summed E-state index contributed by atoms with van der Waals surface area (Å²) in [5.41, 5.74) is 0.190. The summed E-state index contributed by atoms with van der Waals surface area (Å²) in [7, 11) is 0. The Hall–Kier alpha value is -3.07. The largest absolute Gasteiger partial charge is 0.423 e.